The fourth-order valence-corrected chi connectivity index (χ4v) is 4.47. The van der Waals surface area contributed by atoms with Crippen molar-refractivity contribution in [3.63, 3.8) is 0 Å². The van der Waals surface area contributed by atoms with E-state index >= 15 is 0 Å². The van der Waals surface area contributed by atoms with E-state index in [9.17, 15) is 22.8 Å². The number of hydrogen-bond acceptors (Lipinski definition) is 5. The van der Waals surface area contributed by atoms with Gasteiger partial charge in [-0.15, -0.1) is 0 Å². The number of imidazole rings is 1. The first-order valence-corrected chi connectivity index (χ1v) is 10.5. The number of urea groups is 1. The van der Waals surface area contributed by atoms with E-state index in [2.05, 4.69) is 10.0 Å². The number of carbonyl (C=O) groups excluding carboxylic acids is 2. The summed E-state index contributed by atoms with van der Waals surface area (Å²) in [6.45, 7) is -0.00601. The molecule has 11 heteroatoms. The minimum Gasteiger partial charge on any atom is -0.329 e. The fourth-order valence-electron chi connectivity index (χ4n) is 3.40. The molecule has 0 radical (unpaired) electrons. The Labute approximate surface area is 171 Å². The molecule has 0 saturated carbocycles. The third kappa shape index (κ3) is 3.32. The van der Waals surface area contributed by atoms with Gasteiger partial charge in [-0.25, -0.2) is 18.0 Å². The summed E-state index contributed by atoms with van der Waals surface area (Å²) < 4.78 is 31.1. The Morgan fingerprint density at radius 3 is 2.43 bits per heavy atom. The predicted molar refractivity (Wildman–Crippen MR) is 109 cm³/mol. The molecule has 1 aliphatic heterocycles. The van der Waals surface area contributed by atoms with Crippen LogP contribution in [0.2, 0.25) is 0 Å². The highest BCUT2D eigenvalue weighted by Crippen LogP contribution is 2.22. The molecule has 0 bridgehead atoms. The Morgan fingerprint density at radius 2 is 1.73 bits per heavy atom. The zero-order valence-electron chi connectivity index (χ0n) is 16.2. The molecule has 2 heterocycles. The maximum absolute atomic E-state index is 12.9. The van der Waals surface area contributed by atoms with Crippen molar-refractivity contribution in [1.82, 2.24) is 19.4 Å². The quantitative estimate of drug-likeness (QED) is 0.579. The second-order valence-corrected chi connectivity index (χ2v) is 8.68. The predicted octanol–water partition coefficient (Wildman–Crippen LogP) is 0.730. The number of imide groups is 1. The highest BCUT2D eigenvalue weighted by Gasteiger charge is 2.28. The van der Waals surface area contributed by atoms with Gasteiger partial charge in [0, 0.05) is 19.8 Å². The third-order valence-electron chi connectivity index (χ3n) is 5.01. The summed E-state index contributed by atoms with van der Waals surface area (Å²) in [4.78, 5) is 36.6. The number of sulfonamides is 1. The first-order valence-electron chi connectivity index (χ1n) is 9.03. The third-order valence-corrected chi connectivity index (χ3v) is 6.39. The number of amides is 3. The average molecular weight is 429 g/mol. The Bertz CT molecular complexity index is 1340. The molecule has 0 spiro atoms. The van der Waals surface area contributed by atoms with Crippen molar-refractivity contribution in [2.24, 2.45) is 14.1 Å². The van der Waals surface area contributed by atoms with E-state index in [1.54, 1.807) is 44.4 Å². The van der Waals surface area contributed by atoms with Crippen molar-refractivity contribution in [1.29, 1.82) is 0 Å². The van der Waals surface area contributed by atoms with Crippen LogP contribution < -0.4 is 15.7 Å². The van der Waals surface area contributed by atoms with Gasteiger partial charge in [-0.1, -0.05) is 12.1 Å². The number of hydrogen-bond donors (Lipinski definition) is 2. The van der Waals surface area contributed by atoms with Gasteiger partial charge in [0.2, 0.25) is 5.91 Å². The lowest BCUT2D eigenvalue weighted by Crippen LogP contribution is -2.30. The Hall–Kier alpha value is -3.60. The van der Waals surface area contributed by atoms with Crippen molar-refractivity contribution in [3.05, 3.63) is 58.5 Å². The van der Waals surface area contributed by atoms with E-state index in [4.69, 9.17) is 0 Å². The molecule has 1 aliphatic rings. The van der Waals surface area contributed by atoms with E-state index in [0.717, 1.165) is 4.90 Å². The van der Waals surface area contributed by atoms with Gasteiger partial charge < -0.3 is 5.32 Å². The van der Waals surface area contributed by atoms with Crippen LogP contribution in [0.4, 0.5) is 10.5 Å². The lowest BCUT2D eigenvalue weighted by Gasteiger charge is -2.14. The van der Waals surface area contributed by atoms with E-state index in [-0.39, 0.29) is 29.6 Å². The van der Waals surface area contributed by atoms with Crippen LogP contribution in [0.5, 0.6) is 0 Å². The molecule has 1 saturated heterocycles. The average Bonchev–Trinajstić information content (AvgIpc) is 3.14. The molecule has 10 nitrogen and oxygen atoms in total. The number of aromatic nitrogens is 2. The van der Waals surface area contributed by atoms with Gasteiger partial charge in [-0.3, -0.25) is 23.6 Å². The number of carbonyl (C=O) groups is 2. The molecule has 3 aromatic rings. The zero-order valence-corrected chi connectivity index (χ0v) is 17.1. The summed E-state index contributed by atoms with van der Waals surface area (Å²) in [5.41, 5.74) is 1.76. The Morgan fingerprint density at radius 1 is 1.00 bits per heavy atom. The van der Waals surface area contributed by atoms with E-state index in [1.165, 1.54) is 21.3 Å². The first-order chi connectivity index (χ1) is 14.2. The molecule has 2 aromatic carbocycles. The van der Waals surface area contributed by atoms with Gasteiger partial charge in [0.15, 0.2) is 0 Å². The number of nitrogens with zero attached hydrogens (tertiary/aromatic N) is 3. The summed E-state index contributed by atoms with van der Waals surface area (Å²) >= 11 is 0. The zero-order chi connectivity index (χ0) is 21.6. The lowest BCUT2D eigenvalue weighted by atomic mass is 10.2. The molecule has 156 valence electrons. The molecular weight excluding hydrogens is 410 g/mol. The largest absolute Gasteiger partial charge is 0.329 e. The number of fused-ring (bicyclic) bond motifs is 1. The van der Waals surface area contributed by atoms with E-state index < -0.39 is 16.1 Å². The number of rotatable bonds is 5. The molecule has 1 fully saturated rings. The smallest absolute Gasteiger partial charge is 0.328 e. The standard InChI is InChI=1S/C19H19N5O5S/c1-22-15-7-6-14(9-16(15)23(2)19(22)27)30(28,29)21-13-5-3-4-12(8-13)11-24-17(25)10-20-18(24)26/h3-9,21H,10-11H2,1-2H3,(H,20,26). The lowest BCUT2D eigenvalue weighted by molar-refractivity contribution is -0.125. The summed E-state index contributed by atoms with van der Waals surface area (Å²) in [5.74, 6) is -0.340. The van der Waals surface area contributed by atoms with E-state index in [0.29, 0.717) is 22.3 Å². The highest BCUT2D eigenvalue weighted by atomic mass is 32.2. The topological polar surface area (TPSA) is 123 Å². The number of nitrogens with one attached hydrogen (secondary N) is 2. The monoisotopic (exact) mass is 429 g/mol. The van der Waals surface area contributed by atoms with Crippen molar-refractivity contribution in [3.8, 4) is 0 Å². The second kappa shape index (κ2) is 7.02. The summed E-state index contributed by atoms with van der Waals surface area (Å²) in [6, 6.07) is 10.4. The molecule has 4 rings (SSSR count). The van der Waals surface area contributed by atoms with Crippen LogP contribution in [-0.2, 0) is 35.5 Å². The van der Waals surface area contributed by atoms with Crippen LogP contribution in [0.3, 0.4) is 0 Å². The van der Waals surface area contributed by atoms with Gasteiger partial charge in [0.1, 0.15) is 0 Å². The molecular formula is C19H19N5O5S. The van der Waals surface area contributed by atoms with Crippen LogP contribution in [0.25, 0.3) is 11.0 Å². The van der Waals surface area contributed by atoms with Gasteiger partial charge in [-0.2, -0.15) is 0 Å². The van der Waals surface area contributed by atoms with Crippen molar-refractivity contribution in [2.45, 2.75) is 11.4 Å². The molecule has 0 aliphatic carbocycles. The Balaban J connectivity index is 1.61. The van der Waals surface area contributed by atoms with Gasteiger partial charge in [0.25, 0.3) is 10.0 Å². The van der Waals surface area contributed by atoms with Crippen LogP contribution in [0.1, 0.15) is 5.56 Å². The first kappa shape index (κ1) is 19.7. The minimum atomic E-state index is -3.93. The number of aryl methyl sites for hydroxylation is 2. The van der Waals surface area contributed by atoms with Gasteiger partial charge in [-0.05, 0) is 35.9 Å². The van der Waals surface area contributed by atoms with E-state index in [1.807, 2.05) is 0 Å². The molecule has 2 N–H and O–H groups in total. The van der Waals surface area contributed by atoms with Crippen molar-refractivity contribution < 1.29 is 18.0 Å². The van der Waals surface area contributed by atoms with Gasteiger partial charge >= 0.3 is 11.7 Å². The molecule has 3 amide bonds. The summed E-state index contributed by atoms with van der Waals surface area (Å²) in [7, 11) is -0.729. The molecule has 0 unspecified atom stereocenters. The molecule has 1 aromatic heterocycles. The highest BCUT2D eigenvalue weighted by molar-refractivity contribution is 7.92. The number of benzene rings is 2. The summed E-state index contributed by atoms with van der Waals surface area (Å²) in [6.07, 6.45) is 0. The Kier molecular flexibility index (Phi) is 4.61. The SMILES string of the molecule is Cn1c(=O)n(C)c2cc(S(=O)(=O)Nc3cccc(CN4C(=O)CNC4=O)c3)ccc21. The van der Waals surface area contributed by atoms with Gasteiger partial charge in [0.05, 0.1) is 29.0 Å². The van der Waals surface area contributed by atoms with Crippen LogP contribution >= 0.6 is 0 Å². The van der Waals surface area contributed by atoms with Crippen LogP contribution in [0, 0.1) is 0 Å². The van der Waals surface area contributed by atoms with Crippen LogP contribution in [0.15, 0.2) is 52.2 Å². The normalized spacial score (nSPS) is 14.4. The molecule has 0 atom stereocenters. The molecule has 30 heavy (non-hydrogen) atoms. The second-order valence-electron chi connectivity index (χ2n) is 7.00. The summed E-state index contributed by atoms with van der Waals surface area (Å²) in [5, 5.41) is 2.44. The minimum absolute atomic E-state index is 0.00991. The maximum Gasteiger partial charge on any atom is 0.328 e. The van der Waals surface area contributed by atoms with Crippen molar-refractivity contribution >= 4 is 38.7 Å². The van der Waals surface area contributed by atoms with Crippen LogP contribution in [-0.4, -0.2) is 40.9 Å². The fraction of sp³-hybridized carbons (Fsp3) is 0.211. The number of anilines is 1. The maximum atomic E-state index is 12.9. The van der Waals surface area contributed by atoms with Crippen molar-refractivity contribution in [2.75, 3.05) is 11.3 Å².